The molecule has 0 saturated heterocycles. The molecule has 0 saturated carbocycles. The minimum atomic E-state index is -0.132. The second kappa shape index (κ2) is 121. The summed E-state index contributed by atoms with van der Waals surface area (Å²) in [6, 6.07) is 30.7. The third kappa shape index (κ3) is 112. The van der Waals surface area contributed by atoms with E-state index in [9.17, 15) is 4.39 Å². The van der Waals surface area contributed by atoms with Gasteiger partial charge in [0.05, 0.1) is 6.67 Å². The first kappa shape index (κ1) is 96.8. The van der Waals surface area contributed by atoms with Crippen LogP contribution in [0.1, 0.15) is 42.2 Å². The number of carbonyl (C=O) groups is 5. The Morgan fingerprint density at radius 2 is 0.840 bits per heavy atom. The van der Waals surface area contributed by atoms with E-state index in [1.807, 2.05) is 118 Å². The van der Waals surface area contributed by atoms with Gasteiger partial charge in [-0.1, -0.05) is 127 Å². The summed E-state index contributed by atoms with van der Waals surface area (Å²) in [7, 11) is 3.00. The number of carbonyl (C=O) groups excluding carboxylic acids is 5. The average molecular weight is 725 g/mol. The smallest absolute Gasteiger partial charge is 0.126 e. The highest BCUT2D eigenvalue weighted by Gasteiger charge is 1.89. The van der Waals surface area contributed by atoms with Crippen molar-refractivity contribution >= 4 is 33.4 Å². The molecule has 3 aromatic rings. The Balaban J connectivity index is -0.0000000214. The van der Waals surface area contributed by atoms with E-state index in [0.29, 0.717) is 5.56 Å². The molecular formula is C36H73FN4O9. The SMILES string of the molecule is C.C.C.C.C=C1C=CNCN1.C=O.C=O.C=O.C=O.CC=O.CN.CN.Cc1ccccc1F.O.O.O.O.c1ccccc1.c1ccccc1. The third-order valence-electron chi connectivity index (χ3n) is 3.23. The molecular weight excluding hydrogens is 651 g/mol. The Labute approximate surface area is 302 Å². The lowest BCUT2D eigenvalue weighted by atomic mass is 10.2. The maximum absolute atomic E-state index is 12.3. The van der Waals surface area contributed by atoms with Crippen molar-refractivity contribution in [3.05, 3.63) is 133 Å². The number of hydrogen-bond acceptors (Lipinski definition) is 9. The molecule has 0 aromatic heterocycles. The van der Waals surface area contributed by atoms with Crippen molar-refractivity contribution in [1.82, 2.24) is 10.6 Å². The zero-order valence-electron chi connectivity index (χ0n) is 27.3. The molecule has 1 heterocycles. The van der Waals surface area contributed by atoms with Crippen LogP contribution < -0.4 is 22.1 Å². The number of aldehydes is 1. The van der Waals surface area contributed by atoms with Crippen molar-refractivity contribution in [2.75, 3.05) is 20.8 Å². The van der Waals surface area contributed by atoms with Crippen LogP contribution in [-0.4, -0.2) is 76.1 Å². The molecule has 0 amide bonds. The van der Waals surface area contributed by atoms with Gasteiger partial charge in [-0.25, -0.2) is 4.39 Å². The number of hydrogen-bond donors (Lipinski definition) is 4. The van der Waals surface area contributed by atoms with E-state index in [2.05, 4.69) is 28.7 Å². The number of halogens is 1. The molecule has 0 aliphatic carbocycles. The van der Waals surface area contributed by atoms with Crippen molar-refractivity contribution in [2.24, 2.45) is 11.5 Å². The van der Waals surface area contributed by atoms with Crippen LogP contribution in [-0.2, 0) is 24.0 Å². The molecule has 1 aliphatic heterocycles. The zero-order chi connectivity index (χ0) is 34.3. The van der Waals surface area contributed by atoms with Gasteiger partial charge in [0.1, 0.15) is 39.3 Å². The van der Waals surface area contributed by atoms with Crippen molar-refractivity contribution in [1.29, 1.82) is 0 Å². The van der Waals surface area contributed by atoms with E-state index in [0.717, 1.165) is 18.7 Å². The molecule has 3 aromatic carbocycles. The Morgan fingerprint density at radius 1 is 0.600 bits per heavy atom. The molecule has 50 heavy (non-hydrogen) atoms. The fourth-order valence-corrected chi connectivity index (χ4v) is 1.76. The summed E-state index contributed by atoms with van der Waals surface area (Å²) >= 11 is 0. The summed E-state index contributed by atoms with van der Waals surface area (Å²) in [5.41, 5.74) is 10.7. The van der Waals surface area contributed by atoms with Crippen LogP contribution in [0.3, 0.4) is 0 Å². The normalized spacial score (nSPS) is 6.74. The summed E-state index contributed by atoms with van der Waals surface area (Å²) in [4.78, 5) is 40.8. The Hall–Kier alpha value is -5.22. The highest BCUT2D eigenvalue weighted by molar-refractivity contribution is 5.44. The average Bonchev–Trinajstić information content (AvgIpc) is 3.11. The fourth-order valence-electron chi connectivity index (χ4n) is 1.76. The maximum Gasteiger partial charge on any atom is 0.126 e. The van der Waals surface area contributed by atoms with Crippen LogP contribution >= 0.6 is 0 Å². The number of aryl methyl sites for hydroxylation is 1. The molecule has 1 aliphatic rings. The lowest BCUT2D eigenvalue weighted by molar-refractivity contribution is -0.106. The number of nitrogens with two attached hydrogens (primary N) is 2. The van der Waals surface area contributed by atoms with Crippen LogP contribution in [0.2, 0.25) is 0 Å². The predicted octanol–water partition coefficient (Wildman–Crippen LogP) is 3.53. The standard InChI is InChI=1S/C7H7F.2C6H6.C5H8N2.C2H4O.2CH5N.4CH2O.4CH4.4H2O/c1-6-4-2-3-5-7(6)8;2*1-2-4-6-5-3-1;1-5-2-3-6-4-7-5;1-2-3;6*1-2;;;;;;;;/h2-5H,1H3;2*1-6H;2-3,6-7H,1,4H2;2H,1H3;2*2H2,1H3;4*1H2;4*1H4;4*1H2. The summed E-state index contributed by atoms with van der Waals surface area (Å²) in [5, 5.41) is 5.95. The van der Waals surface area contributed by atoms with Gasteiger partial charge in [-0.2, -0.15) is 0 Å². The van der Waals surface area contributed by atoms with Crippen molar-refractivity contribution in [2.45, 2.75) is 43.6 Å². The number of rotatable bonds is 0. The summed E-state index contributed by atoms with van der Waals surface area (Å²) in [5.74, 6) is -0.132. The van der Waals surface area contributed by atoms with Crippen LogP contribution in [0.5, 0.6) is 0 Å². The van der Waals surface area contributed by atoms with E-state index in [4.69, 9.17) is 24.0 Å². The molecule has 0 unspecified atom stereocenters. The minimum absolute atomic E-state index is 0. The van der Waals surface area contributed by atoms with Crippen LogP contribution in [0.4, 0.5) is 4.39 Å². The Morgan fingerprint density at radius 3 is 0.960 bits per heavy atom. The van der Waals surface area contributed by atoms with E-state index in [1.54, 1.807) is 19.1 Å². The quantitative estimate of drug-likeness (QED) is 0.246. The number of allylic oxidation sites excluding steroid dienone is 1. The summed E-state index contributed by atoms with van der Waals surface area (Å²) in [6.45, 7) is 15.7. The lowest BCUT2D eigenvalue weighted by Gasteiger charge is -2.09. The van der Waals surface area contributed by atoms with E-state index < -0.39 is 0 Å². The van der Waals surface area contributed by atoms with Gasteiger partial charge >= 0.3 is 0 Å². The van der Waals surface area contributed by atoms with Crippen molar-refractivity contribution < 1.29 is 50.3 Å². The molecule has 13 nitrogen and oxygen atoms in total. The van der Waals surface area contributed by atoms with Gasteiger partial charge in [0.15, 0.2) is 0 Å². The van der Waals surface area contributed by atoms with Gasteiger partial charge in [0.25, 0.3) is 0 Å². The molecule has 4 rings (SSSR count). The molecule has 0 fully saturated rings. The predicted molar refractivity (Wildman–Crippen MR) is 215 cm³/mol. The topological polar surface area (TPSA) is 287 Å². The second-order valence-electron chi connectivity index (χ2n) is 5.71. The van der Waals surface area contributed by atoms with E-state index in [1.165, 1.54) is 27.1 Å². The van der Waals surface area contributed by atoms with Crippen LogP contribution in [0.25, 0.3) is 0 Å². The monoisotopic (exact) mass is 725 g/mol. The molecule has 14 N–H and O–H groups in total. The fraction of sp³-hybridized carbons (Fsp3) is 0.250. The Kier molecular flexibility index (Phi) is 233. The summed E-state index contributed by atoms with van der Waals surface area (Å²) in [6.07, 6.45) is 4.52. The van der Waals surface area contributed by atoms with Crippen LogP contribution in [0, 0.1) is 12.7 Å². The lowest BCUT2D eigenvalue weighted by Crippen LogP contribution is -2.27. The van der Waals surface area contributed by atoms with E-state index >= 15 is 0 Å². The molecule has 0 radical (unpaired) electrons. The number of nitrogens with one attached hydrogen (secondary N) is 2. The van der Waals surface area contributed by atoms with Crippen molar-refractivity contribution in [3.63, 3.8) is 0 Å². The molecule has 14 heteroatoms. The molecule has 298 valence electrons. The van der Waals surface area contributed by atoms with Gasteiger partial charge in [0, 0.05) is 5.70 Å². The van der Waals surface area contributed by atoms with Gasteiger partial charge in [-0.3, -0.25) is 0 Å². The van der Waals surface area contributed by atoms with Gasteiger partial charge in [0.2, 0.25) is 0 Å². The first-order chi connectivity index (χ1) is 20.6. The number of benzene rings is 3. The van der Waals surface area contributed by atoms with Crippen LogP contribution in [0.15, 0.2) is 122 Å². The van der Waals surface area contributed by atoms with Crippen molar-refractivity contribution in [3.8, 4) is 0 Å². The highest BCUT2D eigenvalue weighted by atomic mass is 19.1. The maximum atomic E-state index is 12.3. The first-order valence-corrected chi connectivity index (χ1v) is 11.9. The Bertz CT molecular complexity index is 789. The largest absolute Gasteiger partial charge is 0.412 e. The zero-order valence-corrected chi connectivity index (χ0v) is 27.3. The highest BCUT2D eigenvalue weighted by Crippen LogP contribution is 2.02. The van der Waals surface area contributed by atoms with E-state index in [-0.39, 0.29) is 57.4 Å². The minimum Gasteiger partial charge on any atom is -0.412 e. The van der Waals surface area contributed by atoms with Gasteiger partial charge in [-0.15, -0.1) is 0 Å². The third-order valence-corrected chi connectivity index (χ3v) is 3.23. The van der Waals surface area contributed by atoms with Gasteiger partial charge in [-0.05, 0) is 51.8 Å². The second-order valence-corrected chi connectivity index (χ2v) is 5.71. The summed E-state index contributed by atoms with van der Waals surface area (Å²) < 4.78 is 12.3. The molecule has 0 bridgehead atoms. The molecule has 0 spiro atoms. The van der Waals surface area contributed by atoms with Gasteiger partial charge < -0.3 is 68.0 Å². The first-order valence-electron chi connectivity index (χ1n) is 11.9. The molecule has 0 atom stereocenters.